The molecule has 4 heteroatoms. The summed E-state index contributed by atoms with van der Waals surface area (Å²) in [5, 5.41) is 9.71. The van der Waals surface area contributed by atoms with Gasteiger partial charge in [0.05, 0.1) is 17.1 Å². The Morgan fingerprint density at radius 1 is 1.40 bits per heavy atom. The number of aromatic nitrogens is 1. The highest BCUT2D eigenvalue weighted by Crippen LogP contribution is 2.20. The van der Waals surface area contributed by atoms with Crippen molar-refractivity contribution < 1.29 is 4.79 Å². The van der Waals surface area contributed by atoms with E-state index in [1.807, 2.05) is 38.1 Å². The zero-order chi connectivity index (χ0) is 14.5. The van der Waals surface area contributed by atoms with Crippen molar-refractivity contribution in [2.45, 2.75) is 20.3 Å². The monoisotopic (exact) mass is 267 g/mol. The van der Waals surface area contributed by atoms with E-state index in [1.165, 1.54) is 0 Å². The first-order valence-corrected chi connectivity index (χ1v) is 6.70. The van der Waals surface area contributed by atoms with Crippen LogP contribution in [0.1, 0.15) is 29.4 Å². The lowest BCUT2D eigenvalue weighted by molar-refractivity contribution is 0.0778. The minimum atomic E-state index is -0.102. The third kappa shape index (κ3) is 2.77. The maximum absolute atomic E-state index is 12.6. The van der Waals surface area contributed by atoms with Gasteiger partial charge in [-0.05, 0) is 25.5 Å². The molecule has 102 valence electrons. The number of nitrogens with zero attached hydrogens (tertiary/aromatic N) is 3. The van der Waals surface area contributed by atoms with Crippen LogP contribution in [0.15, 0.2) is 30.3 Å². The van der Waals surface area contributed by atoms with Gasteiger partial charge in [0.1, 0.15) is 6.54 Å². The van der Waals surface area contributed by atoms with Gasteiger partial charge in [-0.1, -0.05) is 25.1 Å². The SMILES string of the molecule is CCCN(CC#N)C(=O)c1cc(C)nc2ccccc12. The van der Waals surface area contributed by atoms with E-state index in [2.05, 4.69) is 11.1 Å². The van der Waals surface area contributed by atoms with Gasteiger partial charge in [-0.2, -0.15) is 5.26 Å². The molecule has 1 aromatic heterocycles. The van der Waals surface area contributed by atoms with Crippen LogP contribution in [0, 0.1) is 18.3 Å². The van der Waals surface area contributed by atoms with E-state index in [0.29, 0.717) is 12.1 Å². The van der Waals surface area contributed by atoms with Crippen LogP contribution in [0.25, 0.3) is 10.9 Å². The summed E-state index contributed by atoms with van der Waals surface area (Å²) in [5.74, 6) is -0.102. The van der Waals surface area contributed by atoms with E-state index < -0.39 is 0 Å². The Morgan fingerprint density at radius 2 is 2.15 bits per heavy atom. The van der Waals surface area contributed by atoms with Crippen molar-refractivity contribution in [3.05, 3.63) is 41.6 Å². The first kappa shape index (κ1) is 14.0. The molecule has 20 heavy (non-hydrogen) atoms. The summed E-state index contributed by atoms with van der Waals surface area (Å²) in [4.78, 5) is 18.7. The van der Waals surface area contributed by atoms with Gasteiger partial charge in [0.2, 0.25) is 0 Å². The number of hydrogen-bond acceptors (Lipinski definition) is 3. The predicted molar refractivity (Wildman–Crippen MR) is 78.3 cm³/mol. The number of carbonyl (C=O) groups is 1. The quantitative estimate of drug-likeness (QED) is 0.800. The molecule has 0 aliphatic heterocycles. The summed E-state index contributed by atoms with van der Waals surface area (Å²) in [7, 11) is 0. The Labute approximate surface area is 118 Å². The molecule has 0 atom stereocenters. The van der Waals surface area contributed by atoms with Crippen molar-refractivity contribution in [3.8, 4) is 6.07 Å². The third-order valence-corrected chi connectivity index (χ3v) is 3.12. The van der Waals surface area contributed by atoms with E-state index in [4.69, 9.17) is 5.26 Å². The summed E-state index contributed by atoms with van der Waals surface area (Å²) in [6.45, 7) is 4.57. The smallest absolute Gasteiger partial charge is 0.255 e. The number of benzene rings is 1. The fraction of sp³-hybridized carbons (Fsp3) is 0.312. The zero-order valence-electron chi connectivity index (χ0n) is 11.8. The number of rotatable bonds is 4. The molecule has 0 spiro atoms. The second-order valence-corrected chi connectivity index (χ2v) is 4.71. The first-order chi connectivity index (χ1) is 9.67. The van der Waals surface area contributed by atoms with Gasteiger partial charge < -0.3 is 4.90 Å². The molecule has 0 saturated heterocycles. The molecule has 0 fully saturated rings. The van der Waals surface area contributed by atoms with Crippen LogP contribution in [0.2, 0.25) is 0 Å². The molecule has 1 heterocycles. The van der Waals surface area contributed by atoms with Gasteiger partial charge in [-0.3, -0.25) is 9.78 Å². The van der Waals surface area contributed by atoms with Gasteiger partial charge in [0.25, 0.3) is 5.91 Å². The zero-order valence-corrected chi connectivity index (χ0v) is 11.8. The second kappa shape index (κ2) is 6.16. The fourth-order valence-electron chi connectivity index (χ4n) is 2.26. The summed E-state index contributed by atoms with van der Waals surface area (Å²) >= 11 is 0. The highest BCUT2D eigenvalue weighted by molar-refractivity contribution is 6.06. The molecule has 0 saturated carbocycles. The summed E-state index contributed by atoms with van der Waals surface area (Å²) in [5.41, 5.74) is 2.24. The maximum Gasteiger partial charge on any atom is 0.255 e. The van der Waals surface area contributed by atoms with Crippen molar-refractivity contribution >= 4 is 16.8 Å². The van der Waals surface area contributed by atoms with Crippen LogP contribution in [0.3, 0.4) is 0 Å². The van der Waals surface area contributed by atoms with Crippen LogP contribution in [0.5, 0.6) is 0 Å². The number of hydrogen-bond donors (Lipinski definition) is 0. The Bertz CT molecular complexity index is 673. The number of aryl methyl sites for hydroxylation is 1. The second-order valence-electron chi connectivity index (χ2n) is 4.71. The Balaban J connectivity index is 2.50. The Morgan fingerprint density at radius 3 is 2.85 bits per heavy atom. The molecule has 2 aromatic rings. The van der Waals surface area contributed by atoms with Gasteiger partial charge >= 0.3 is 0 Å². The highest BCUT2D eigenvalue weighted by Gasteiger charge is 2.18. The van der Waals surface area contributed by atoms with Crippen molar-refractivity contribution in [2.75, 3.05) is 13.1 Å². The standard InChI is InChI=1S/C16H17N3O/c1-3-9-19(10-8-17)16(20)14-11-12(2)18-15-7-5-4-6-13(14)15/h4-7,11H,3,9-10H2,1-2H3. The number of fused-ring (bicyclic) bond motifs is 1. The summed E-state index contributed by atoms with van der Waals surface area (Å²) < 4.78 is 0. The van der Waals surface area contributed by atoms with E-state index in [-0.39, 0.29) is 12.5 Å². The van der Waals surface area contributed by atoms with Crippen LogP contribution >= 0.6 is 0 Å². The van der Waals surface area contributed by atoms with Gasteiger partial charge in [0.15, 0.2) is 0 Å². The molecule has 0 unspecified atom stereocenters. The van der Waals surface area contributed by atoms with Crippen molar-refractivity contribution in [3.63, 3.8) is 0 Å². The van der Waals surface area contributed by atoms with Crippen molar-refractivity contribution in [1.29, 1.82) is 5.26 Å². The van der Waals surface area contributed by atoms with Crippen molar-refractivity contribution in [1.82, 2.24) is 9.88 Å². The van der Waals surface area contributed by atoms with Crippen LogP contribution in [0.4, 0.5) is 0 Å². The lowest BCUT2D eigenvalue weighted by Crippen LogP contribution is -2.32. The fourth-order valence-corrected chi connectivity index (χ4v) is 2.26. The van der Waals surface area contributed by atoms with E-state index in [0.717, 1.165) is 23.0 Å². The predicted octanol–water partition coefficient (Wildman–Crippen LogP) is 2.92. The van der Waals surface area contributed by atoms with Crippen LogP contribution < -0.4 is 0 Å². The van der Waals surface area contributed by atoms with Crippen LogP contribution in [-0.2, 0) is 0 Å². The summed E-state index contributed by atoms with van der Waals surface area (Å²) in [6, 6.07) is 11.4. The molecule has 0 aliphatic carbocycles. The van der Waals surface area contributed by atoms with E-state index in [9.17, 15) is 4.79 Å². The topological polar surface area (TPSA) is 57.0 Å². The van der Waals surface area contributed by atoms with Crippen molar-refractivity contribution in [2.24, 2.45) is 0 Å². The molecule has 1 aromatic carbocycles. The highest BCUT2D eigenvalue weighted by atomic mass is 16.2. The number of carbonyl (C=O) groups excluding carboxylic acids is 1. The minimum absolute atomic E-state index is 0.102. The third-order valence-electron chi connectivity index (χ3n) is 3.12. The molecule has 0 aliphatic rings. The summed E-state index contributed by atoms with van der Waals surface area (Å²) in [6.07, 6.45) is 0.829. The van der Waals surface area contributed by atoms with Gasteiger partial charge in [-0.25, -0.2) is 0 Å². The Kier molecular flexibility index (Phi) is 4.31. The normalized spacial score (nSPS) is 10.2. The van der Waals surface area contributed by atoms with Gasteiger partial charge in [0, 0.05) is 17.6 Å². The van der Waals surface area contributed by atoms with E-state index in [1.54, 1.807) is 11.0 Å². The maximum atomic E-state index is 12.6. The van der Waals surface area contributed by atoms with Crippen LogP contribution in [-0.4, -0.2) is 28.9 Å². The molecule has 0 N–H and O–H groups in total. The largest absolute Gasteiger partial charge is 0.325 e. The number of pyridine rings is 1. The van der Waals surface area contributed by atoms with Gasteiger partial charge in [-0.15, -0.1) is 0 Å². The lowest BCUT2D eigenvalue weighted by atomic mass is 10.1. The molecule has 0 bridgehead atoms. The molecular formula is C16H17N3O. The number of nitriles is 1. The average molecular weight is 267 g/mol. The molecular weight excluding hydrogens is 250 g/mol. The molecule has 4 nitrogen and oxygen atoms in total. The minimum Gasteiger partial charge on any atom is -0.325 e. The molecule has 0 radical (unpaired) electrons. The molecule has 2 rings (SSSR count). The Hall–Kier alpha value is -2.41. The average Bonchev–Trinajstić information content (AvgIpc) is 2.45. The first-order valence-electron chi connectivity index (χ1n) is 6.70. The lowest BCUT2D eigenvalue weighted by Gasteiger charge is -2.19. The van der Waals surface area contributed by atoms with E-state index >= 15 is 0 Å². The number of para-hydroxylation sites is 1. The molecule has 1 amide bonds. The number of amides is 1.